The zero-order valence-electron chi connectivity index (χ0n) is 30.4. The molecule has 0 radical (unpaired) electrons. The molecule has 0 aliphatic carbocycles. The summed E-state index contributed by atoms with van der Waals surface area (Å²) in [7, 11) is -1.26. The Morgan fingerprint density at radius 1 is 0.692 bits per heavy atom. The normalized spacial score (nSPS) is 11.2. The van der Waals surface area contributed by atoms with Crippen LogP contribution in [0.1, 0.15) is 64.0 Å². The number of benzene rings is 2. The molecule has 15 nitrogen and oxygen atoms in total. The number of aryl methyl sites for hydroxylation is 4. The first kappa shape index (κ1) is 38.9. The van der Waals surface area contributed by atoms with Gasteiger partial charge in [0.05, 0.1) is 33.8 Å². The van der Waals surface area contributed by atoms with Gasteiger partial charge in [0.2, 0.25) is 0 Å². The average molecular weight is 727 g/mol. The zero-order chi connectivity index (χ0) is 38.1. The van der Waals surface area contributed by atoms with Crippen molar-refractivity contribution in [1.82, 2.24) is 29.2 Å². The van der Waals surface area contributed by atoms with Crippen molar-refractivity contribution in [2.75, 3.05) is 34.8 Å². The van der Waals surface area contributed by atoms with E-state index in [-0.39, 0.29) is 11.4 Å². The molecule has 2 amide bonds. The minimum Gasteiger partial charge on any atom is -0.382 e. The number of amides is 2. The van der Waals surface area contributed by atoms with Crippen molar-refractivity contribution >= 4 is 62.6 Å². The molecule has 2 aromatic carbocycles. The zero-order valence-corrected chi connectivity index (χ0v) is 31.3. The lowest BCUT2D eigenvalue weighted by Gasteiger charge is -2.12. The number of anilines is 5. The van der Waals surface area contributed by atoms with Crippen molar-refractivity contribution in [3.63, 3.8) is 0 Å². The van der Waals surface area contributed by atoms with Crippen molar-refractivity contribution in [1.29, 1.82) is 0 Å². The number of nitrogens with zero attached hydrogens (tertiary/aromatic N) is 6. The Hall–Kier alpha value is -5.87. The standard InChI is InChI=1S/C17H20N6O.C17H19N5O2S.C2H7N/c1-4-19-13-8-15(21-12-6-10(2)5-11(3)7-12)22-23-14(16(18)24)9-20-17(13)23;1-4-25(24)14-8-15(20-12-6-10(2)5-11(3)7-12)21-22-13(16(18)23)9-19-17(14)22;1-2-3/h5-9,19H,4H2,1-3H3,(H2,18,24)(H,21,22);5-9H,4H2,1-3H3,(H2,18,23)(H,20,21);2-3H2,1H3. The first-order valence-electron chi connectivity index (χ1n) is 16.7. The average Bonchev–Trinajstić information content (AvgIpc) is 3.69. The molecule has 6 aromatic rings. The van der Waals surface area contributed by atoms with E-state index in [1.165, 1.54) is 21.4 Å². The molecule has 6 rings (SSSR count). The van der Waals surface area contributed by atoms with E-state index in [9.17, 15) is 13.8 Å². The smallest absolute Gasteiger partial charge is 0.269 e. The lowest BCUT2D eigenvalue weighted by molar-refractivity contribution is 0.0985. The second-order valence-corrected chi connectivity index (χ2v) is 13.6. The van der Waals surface area contributed by atoms with Gasteiger partial charge < -0.3 is 33.2 Å². The molecule has 9 N–H and O–H groups in total. The highest BCUT2D eigenvalue weighted by atomic mass is 32.2. The van der Waals surface area contributed by atoms with Gasteiger partial charge in [0.25, 0.3) is 11.8 Å². The third kappa shape index (κ3) is 9.46. The van der Waals surface area contributed by atoms with E-state index in [1.807, 2.05) is 78.8 Å². The summed E-state index contributed by atoms with van der Waals surface area (Å²) in [5, 5.41) is 18.6. The number of hydrogen-bond donors (Lipinski definition) is 6. The van der Waals surface area contributed by atoms with Gasteiger partial charge >= 0.3 is 0 Å². The predicted molar refractivity (Wildman–Crippen MR) is 207 cm³/mol. The molecule has 0 bridgehead atoms. The molecule has 4 heterocycles. The van der Waals surface area contributed by atoms with Gasteiger partial charge in [-0.1, -0.05) is 26.0 Å². The van der Waals surface area contributed by atoms with Crippen molar-refractivity contribution in [3.05, 3.63) is 94.6 Å². The van der Waals surface area contributed by atoms with Crippen molar-refractivity contribution in [3.8, 4) is 0 Å². The Bertz CT molecular complexity index is 2210. The van der Waals surface area contributed by atoms with E-state index < -0.39 is 22.6 Å². The first-order valence-corrected chi connectivity index (χ1v) is 18.0. The molecule has 4 aromatic heterocycles. The van der Waals surface area contributed by atoms with Gasteiger partial charge in [0, 0.05) is 35.8 Å². The van der Waals surface area contributed by atoms with Gasteiger partial charge in [-0.15, -0.1) is 10.2 Å². The number of nitrogens with one attached hydrogen (secondary N) is 3. The number of carbonyl (C=O) groups excluding carboxylic acids is 2. The van der Waals surface area contributed by atoms with Crippen LogP contribution in [0.2, 0.25) is 0 Å². The summed E-state index contributed by atoms with van der Waals surface area (Å²) in [4.78, 5) is 32.1. The molecule has 52 heavy (non-hydrogen) atoms. The monoisotopic (exact) mass is 726 g/mol. The summed E-state index contributed by atoms with van der Waals surface area (Å²) in [6.45, 7) is 15.3. The fourth-order valence-corrected chi connectivity index (χ4v) is 6.30. The third-order valence-corrected chi connectivity index (χ3v) is 8.58. The van der Waals surface area contributed by atoms with E-state index in [1.54, 1.807) is 6.07 Å². The van der Waals surface area contributed by atoms with Crippen LogP contribution in [-0.4, -0.2) is 64.1 Å². The number of carbonyl (C=O) groups is 2. The van der Waals surface area contributed by atoms with E-state index in [0.29, 0.717) is 33.6 Å². The Morgan fingerprint density at radius 3 is 1.54 bits per heavy atom. The number of hydrogen-bond acceptors (Lipinski definition) is 11. The minimum atomic E-state index is -1.26. The van der Waals surface area contributed by atoms with Crippen LogP contribution in [0, 0.1) is 27.7 Å². The highest BCUT2D eigenvalue weighted by molar-refractivity contribution is 7.85. The van der Waals surface area contributed by atoms with Crippen LogP contribution >= 0.6 is 0 Å². The summed E-state index contributed by atoms with van der Waals surface area (Å²) >= 11 is 0. The van der Waals surface area contributed by atoms with Crippen molar-refractivity contribution in [2.45, 2.75) is 53.4 Å². The second-order valence-electron chi connectivity index (χ2n) is 11.9. The number of fused-ring (bicyclic) bond motifs is 2. The summed E-state index contributed by atoms with van der Waals surface area (Å²) < 4.78 is 15.2. The van der Waals surface area contributed by atoms with Crippen LogP contribution in [0.25, 0.3) is 11.3 Å². The van der Waals surface area contributed by atoms with Crippen LogP contribution in [0.3, 0.4) is 0 Å². The SMILES string of the molecule is CCN.CCNc1cc(Nc2cc(C)cc(C)c2)nn2c(C(N)=O)cnc12.CCS(=O)c1cc(Nc2cc(C)cc(C)c2)nn2c(C(N)=O)cnc12. The van der Waals surface area contributed by atoms with Crippen LogP contribution in [0.5, 0.6) is 0 Å². The molecule has 0 fully saturated rings. The molecule has 274 valence electrons. The Labute approximate surface area is 304 Å². The number of imidazole rings is 2. The Kier molecular flexibility index (Phi) is 13.0. The molecule has 1 atom stereocenters. The van der Waals surface area contributed by atoms with E-state index in [4.69, 9.17) is 17.2 Å². The van der Waals surface area contributed by atoms with Gasteiger partial charge in [-0.2, -0.15) is 0 Å². The number of rotatable bonds is 10. The minimum absolute atomic E-state index is 0.147. The quantitative estimate of drug-likeness (QED) is 0.111. The number of nitrogens with two attached hydrogens (primary N) is 3. The molecule has 0 spiro atoms. The van der Waals surface area contributed by atoms with Crippen LogP contribution in [0.15, 0.2) is 65.8 Å². The maximum atomic E-state index is 12.4. The van der Waals surface area contributed by atoms with Crippen LogP contribution in [0.4, 0.5) is 28.7 Å². The largest absolute Gasteiger partial charge is 0.382 e. The summed E-state index contributed by atoms with van der Waals surface area (Å²) in [5.41, 5.74) is 24.1. The topological polar surface area (TPSA) is 226 Å². The molecule has 0 aliphatic rings. The summed E-state index contributed by atoms with van der Waals surface area (Å²) in [5.74, 6) is 0.290. The molecule has 0 aliphatic heterocycles. The lowest BCUT2D eigenvalue weighted by atomic mass is 10.1. The maximum absolute atomic E-state index is 12.4. The number of primary amides is 2. The van der Waals surface area contributed by atoms with Crippen molar-refractivity contribution < 1.29 is 13.8 Å². The van der Waals surface area contributed by atoms with E-state index >= 15 is 0 Å². The fraction of sp³-hybridized carbons (Fsp3) is 0.278. The van der Waals surface area contributed by atoms with Crippen LogP contribution in [-0.2, 0) is 10.8 Å². The van der Waals surface area contributed by atoms with Gasteiger partial charge in [0.15, 0.2) is 22.9 Å². The van der Waals surface area contributed by atoms with Crippen LogP contribution < -0.4 is 33.2 Å². The van der Waals surface area contributed by atoms with Gasteiger partial charge in [-0.05, 0) is 87.7 Å². The van der Waals surface area contributed by atoms with Gasteiger partial charge in [-0.25, -0.2) is 19.0 Å². The highest BCUT2D eigenvalue weighted by Crippen LogP contribution is 2.25. The molecule has 0 saturated carbocycles. The molecule has 1 unspecified atom stereocenters. The molecule has 16 heteroatoms. The van der Waals surface area contributed by atoms with Gasteiger partial charge in [0.1, 0.15) is 11.4 Å². The Morgan fingerprint density at radius 2 is 1.12 bits per heavy atom. The molecular weight excluding hydrogens is 681 g/mol. The fourth-order valence-electron chi connectivity index (χ4n) is 5.40. The Balaban J connectivity index is 0.000000217. The third-order valence-electron chi connectivity index (χ3n) is 7.27. The summed E-state index contributed by atoms with van der Waals surface area (Å²) in [6.07, 6.45) is 2.79. The lowest BCUT2D eigenvalue weighted by Crippen LogP contribution is -2.16. The number of aromatic nitrogens is 6. The van der Waals surface area contributed by atoms with Crippen molar-refractivity contribution in [2.24, 2.45) is 17.2 Å². The predicted octanol–water partition coefficient (Wildman–Crippen LogP) is 4.90. The molecular formula is C36H46N12O3S. The second kappa shape index (κ2) is 17.4. The molecule has 0 saturated heterocycles. The van der Waals surface area contributed by atoms with E-state index in [0.717, 1.165) is 52.4 Å². The maximum Gasteiger partial charge on any atom is 0.269 e. The van der Waals surface area contributed by atoms with E-state index in [2.05, 4.69) is 48.2 Å². The highest BCUT2D eigenvalue weighted by Gasteiger charge is 2.18. The first-order chi connectivity index (χ1) is 24.8. The summed E-state index contributed by atoms with van der Waals surface area (Å²) in [6, 6.07) is 15.8. The van der Waals surface area contributed by atoms with Gasteiger partial charge in [-0.3, -0.25) is 13.8 Å².